The van der Waals surface area contributed by atoms with E-state index in [1.165, 1.54) is 89.0 Å². The maximum Gasteiger partial charge on any atom is 0.0726 e. The zero-order valence-electron chi connectivity index (χ0n) is 40.3. The van der Waals surface area contributed by atoms with Crippen LogP contribution in [0.2, 0.25) is 0 Å². The van der Waals surface area contributed by atoms with E-state index in [1.54, 1.807) is 0 Å². The SMILES string of the molecule is CC1(C)c2ccccc2-c2ccc(N(c3ccc(-c4ccccc4)cc3)c3ccc4c(c3)-c3ccccc3C43c4ccccc4-c4ccc(N(c5ccccc5)c5ccc(-c6ccccc6)cc5)cc43)cc21. The third kappa shape index (κ3) is 6.28. The van der Waals surface area contributed by atoms with Gasteiger partial charge < -0.3 is 9.80 Å². The lowest BCUT2D eigenvalue weighted by atomic mass is 9.70. The molecule has 1 unspecified atom stereocenters. The molecule has 0 radical (unpaired) electrons. The van der Waals surface area contributed by atoms with Crippen LogP contribution in [0.3, 0.4) is 0 Å². The van der Waals surface area contributed by atoms with E-state index in [9.17, 15) is 0 Å². The van der Waals surface area contributed by atoms with Crippen LogP contribution >= 0.6 is 0 Å². The lowest BCUT2D eigenvalue weighted by molar-refractivity contribution is 0.660. The number of benzene rings is 11. The number of fused-ring (bicyclic) bond motifs is 13. The maximum atomic E-state index is 2.48. The minimum absolute atomic E-state index is 0.141. The fraction of sp³-hybridized carbons (Fsp3) is 0.0571. The van der Waals surface area contributed by atoms with E-state index in [0.717, 1.165) is 34.1 Å². The third-order valence-electron chi connectivity index (χ3n) is 15.9. The van der Waals surface area contributed by atoms with Gasteiger partial charge in [-0.2, -0.15) is 0 Å². The van der Waals surface area contributed by atoms with Crippen LogP contribution < -0.4 is 9.80 Å². The zero-order valence-corrected chi connectivity index (χ0v) is 40.3. The van der Waals surface area contributed by atoms with Crippen molar-refractivity contribution in [1.82, 2.24) is 0 Å². The first kappa shape index (κ1) is 41.9. The molecule has 11 aromatic carbocycles. The molecule has 0 aliphatic heterocycles. The Balaban J connectivity index is 0.950. The second kappa shape index (κ2) is 16.3. The Kier molecular flexibility index (Phi) is 9.50. The van der Waals surface area contributed by atoms with Crippen LogP contribution in [-0.4, -0.2) is 0 Å². The fourth-order valence-electron chi connectivity index (χ4n) is 12.6. The number of hydrogen-bond donors (Lipinski definition) is 0. The molecule has 0 N–H and O–H groups in total. The molecule has 3 aliphatic carbocycles. The van der Waals surface area contributed by atoms with Crippen molar-refractivity contribution in [1.29, 1.82) is 0 Å². The van der Waals surface area contributed by atoms with Crippen LogP contribution in [0.15, 0.2) is 267 Å². The van der Waals surface area contributed by atoms with Crippen LogP contribution in [0.25, 0.3) is 55.6 Å². The Morgan fingerprint density at radius 2 is 0.556 bits per heavy atom. The van der Waals surface area contributed by atoms with Gasteiger partial charge in [-0.3, -0.25) is 0 Å². The molecule has 0 bridgehead atoms. The summed E-state index contributed by atoms with van der Waals surface area (Å²) in [5.41, 5.74) is 26.5. The molecule has 0 aromatic heterocycles. The minimum atomic E-state index is -0.544. The Labute approximate surface area is 422 Å². The van der Waals surface area contributed by atoms with Crippen LogP contribution in [0.5, 0.6) is 0 Å². The molecular weight excluding hydrogens is 869 g/mol. The molecule has 1 atom stereocenters. The molecule has 0 saturated carbocycles. The summed E-state index contributed by atoms with van der Waals surface area (Å²) >= 11 is 0. The van der Waals surface area contributed by atoms with Crippen molar-refractivity contribution in [2.75, 3.05) is 9.80 Å². The molecule has 1 spiro atoms. The molecule has 0 fully saturated rings. The molecule has 340 valence electrons. The number of rotatable bonds is 8. The number of anilines is 6. The highest BCUT2D eigenvalue weighted by Gasteiger charge is 2.52. The molecule has 2 nitrogen and oxygen atoms in total. The average Bonchev–Trinajstić information content (AvgIpc) is 4.00. The quantitative estimate of drug-likeness (QED) is 0.150. The van der Waals surface area contributed by atoms with E-state index in [2.05, 4.69) is 291 Å². The summed E-state index contributed by atoms with van der Waals surface area (Å²) in [6, 6.07) is 99.0. The molecule has 0 amide bonds. The smallest absolute Gasteiger partial charge is 0.0726 e. The summed E-state index contributed by atoms with van der Waals surface area (Å²) in [5, 5.41) is 0. The largest absolute Gasteiger partial charge is 0.310 e. The second-order valence-electron chi connectivity index (χ2n) is 20.0. The van der Waals surface area contributed by atoms with Gasteiger partial charge >= 0.3 is 0 Å². The topological polar surface area (TPSA) is 6.48 Å². The Hall–Kier alpha value is -8.98. The summed E-state index contributed by atoms with van der Waals surface area (Å²) in [4.78, 5) is 4.88. The van der Waals surface area contributed by atoms with Crippen molar-refractivity contribution in [2.24, 2.45) is 0 Å². The lowest BCUT2D eigenvalue weighted by Crippen LogP contribution is -2.26. The monoisotopic (exact) mass is 918 g/mol. The van der Waals surface area contributed by atoms with Crippen molar-refractivity contribution in [3.8, 4) is 55.6 Å². The summed E-state index contributed by atoms with van der Waals surface area (Å²) in [6.07, 6.45) is 0. The van der Waals surface area contributed by atoms with Gasteiger partial charge in [-0.25, -0.2) is 0 Å². The van der Waals surface area contributed by atoms with Crippen LogP contribution in [-0.2, 0) is 10.8 Å². The van der Waals surface area contributed by atoms with Gasteiger partial charge in [-0.15, -0.1) is 0 Å². The summed E-state index contributed by atoms with van der Waals surface area (Å²) in [6.45, 7) is 4.74. The minimum Gasteiger partial charge on any atom is -0.310 e. The van der Waals surface area contributed by atoms with E-state index >= 15 is 0 Å². The molecule has 72 heavy (non-hydrogen) atoms. The Morgan fingerprint density at radius 1 is 0.222 bits per heavy atom. The normalized spacial score (nSPS) is 15.0. The van der Waals surface area contributed by atoms with Crippen molar-refractivity contribution in [3.05, 3.63) is 300 Å². The molecule has 0 saturated heterocycles. The van der Waals surface area contributed by atoms with Gasteiger partial charge in [0, 0.05) is 39.5 Å². The van der Waals surface area contributed by atoms with Gasteiger partial charge in [0.05, 0.1) is 5.41 Å². The molecule has 3 aliphatic rings. The van der Waals surface area contributed by atoms with Gasteiger partial charge in [-0.05, 0) is 162 Å². The summed E-state index contributed by atoms with van der Waals surface area (Å²) in [5.74, 6) is 0. The average molecular weight is 919 g/mol. The van der Waals surface area contributed by atoms with Gasteiger partial charge in [0.2, 0.25) is 0 Å². The van der Waals surface area contributed by atoms with E-state index < -0.39 is 5.41 Å². The fourth-order valence-corrected chi connectivity index (χ4v) is 12.6. The zero-order chi connectivity index (χ0) is 48.0. The molecule has 0 heterocycles. The highest BCUT2D eigenvalue weighted by Crippen LogP contribution is 2.64. The van der Waals surface area contributed by atoms with Crippen LogP contribution in [0, 0.1) is 0 Å². The van der Waals surface area contributed by atoms with Crippen LogP contribution in [0.1, 0.15) is 47.2 Å². The van der Waals surface area contributed by atoms with Crippen molar-refractivity contribution in [2.45, 2.75) is 24.7 Å². The first-order valence-electron chi connectivity index (χ1n) is 25.2. The van der Waals surface area contributed by atoms with E-state index in [4.69, 9.17) is 0 Å². The van der Waals surface area contributed by atoms with Crippen molar-refractivity contribution >= 4 is 34.1 Å². The second-order valence-corrected chi connectivity index (χ2v) is 20.0. The lowest BCUT2D eigenvalue weighted by Gasteiger charge is -2.33. The predicted octanol–water partition coefficient (Wildman–Crippen LogP) is 18.6. The van der Waals surface area contributed by atoms with Gasteiger partial charge in [-0.1, -0.05) is 208 Å². The van der Waals surface area contributed by atoms with Gasteiger partial charge in [0.15, 0.2) is 0 Å². The molecular formula is C70H50N2. The van der Waals surface area contributed by atoms with Gasteiger partial charge in [0.25, 0.3) is 0 Å². The van der Waals surface area contributed by atoms with Crippen LogP contribution in [0.4, 0.5) is 34.1 Å². The van der Waals surface area contributed by atoms with Gasteiger partial charge in [0.1, 0.15) is 0 Å². The number of hydrogen-bond acceptors (Lipinski definition) is 2. The first-order valence-corrected chi connectivity index (χ1v) is 25.2. The standard InChI is InChI=1S/C70H50N2/c1-69(2)63-27-15-12-24-57(63)60-41-38-55(45-67(60)69)72(53-36-32-50(33-37-53)48-20-8-4-9-21-48)54-40-43-66-62(44-54)59-26-14-17-29-65(59)70(66)64-28-16-13-25-58(64)61-42-39-56(46-68(61)70)71(51-22-10-5-11-23-51)52-34-30-49(31-35-52)47-18-6-3-7-19-47/h3-46H,1-2H3. The molecule has 11 aromatic rings. The predicted molar refractivity (Wildman–Crippen MR) is 301 cm³/mol. The third-order valence-corrected chi connectivity index (χ3v) is 15.9. The Morgan fingerprint density at radius 3 is 1.11 bits per heavy atom. The van der Waals surface area contributed by atoms with E-state index in [1.807, 2.05) is 0 Å². The number of nitrogens with zero attached hydrogens (tertiary/aromatic N) is 2. The first-order chi connectivity index (χ1) is 35.5. The molecule has 14 rings (SSSR count). The maximum absolute atomic E-state index is 2.48. The molecule has 2 heteroatoms. The summed E-state index contributed by atoms with van der Waals surface area (Å²) < 4.78 is 0. The summed E-state index contributed by atoms with van der Waals surface area (Å²) in [7, 11) is 0. The Bertz CT molecular complexity index is 3870. The van der Waals surface area contributed by atoms with E-state index in [0.29, 0.717) is 0 Å². The van der Waals surface area contributed by atoms with Crippen molar-refractivity contribution < 1.29 is 0 Å². The van der Waals surface area contributed by atoms with Crippen molar-refractivity contribution in [3.63, 3.8) is 0 Å². The number of para-hydroxylation sites is 1. The highest BCUT2D eigenvalue weighted by molar-refractivity contribution is 5.98. The highest BCUT2D eigenvalue weighted by atomic mass is 15.1. The van der Waals surface area contributed by atoms with E-state index in [-0.39, 0.29) is 5.41 Å².